The van der Waals surface area contributed by atoms with E-state index >= 15 is 0 Å². The maximum Gasteiger partial charge on any atom is 0.132 e. The normalized spacial score (nSPS) is 17.4. The molecule has 0 unspecified atom stereocenters. The highest BCUT2D eigenvalue weighted by Crippen LogP contribution is 2.44. The van der Waals surface area contributed by atoms with E-state index in [1.54, 1.807) is 7.11 Å². The van der Waals surface area contributed by atoms with Gasteiger partial charge >= 0.3 is 0 Å². The quantitative estimate of drug-likeness (QED) is 0.451. The molecular weight excluding hydrogens is 368 g/mol. The largest absolute Gasteiger partial charge is 0.497 e. The number of nitrogens with zero attached hydrogens (tertiary/aromatic N) is 1. The number of hydrogen-bond acceptors (Lipinski definition) is 3. The van der Waals surface area contributed by atoms with Crippen molar-refractivity contribution in [1.82, 2.24) is 0 Å². The minimum atomic E-state index is -0.636. The average Bonchev–Trinajstić information content (AvgIpc) is 2.84. The summed E-state index contributed by atoms with van der Waals surface area (Å²) in [7, 11) is 1.69. The molecule has 0 aromatic heterocycles. The van der Waals surface area contributed by atoms with Crippen LogP contribution in [0, 0.1) is 0 Å². The zero-order valence-electron chi connectivity index (χ0n) is 16.7. The molecule has 5 rings (SSSR count). The third-order valence-electron chi connectivity index (χ3n) is 5.59. The summed E-state index contributed by atoms with van der Waals surface area (Å²) in [5, 5.41) is 3.86. The summed E-state index contributed by atoms with van der Waals surface area (Å²) in [5.74, 6) is 0.830. The highest BCUT2D eigenvalue weighted by atomic mass is 16.5. The van der Waals surface area contributed by atoms with E-state index < -0.39 is 5.54 Å². The Morgan fingerprint density at radius 1 is 0.667 bits per heavy atom. The molecule has 1 atom stereocenters. The summed E-state index contributed by atoms with van der Waals surface area (Å²) < 4.78 is 5.41. The highest BCUT2D eigenvalue weighted by molar-refractivity contribution is 6.15. The first-order chi connectivity index (χ1) is 14.8. The number of fused-ring (bicyclic) bond motifs is 1. The van der Waals surface area contributed by atoms with Crippen molar-refractivity contribution in [3.8, 4) is 5.75 Å². The topological polar surface area (TPSA) is 33.6 Å². The van der Waals surface area contributed by atoms with Gasteiger partial charge < -0.3 is 10.1 Å². The molecule has 0 aliphatic carbocycles. The van der Waals surface area contributed by atoms with E-state index in [9.17, 15) is 0 Å². The number of aliphatic imine (C=N–C) groups is 1. The molecular formula is C27H22N2O. The Labute approximate surface area is 176 Å². The summed E-state index contributed by atoms with van der Waals surface area (Å²) in [6.07, 6.45) is 0. The summed E-state index contributed by atoms with van der Waals surface area (Å²) >= 11 is 0. The first kappa shape index (κ1) is 18.2. The van der Waals surface area contributed by atoms with E-state index in [0.29, 0.717) is 0 Å². The number of methoxy groups -OCH3 is 1. The van der Waals surface area contributed by atoms with Gasteiger partial charge in [-0.25, -0.2) is 4.99 Å². The lowest BCUT2D eigenvalue weighted by atomic mass is 9.75. The fraction of sp³-hybridized carbons (Fsp3) is 0.0741. The lowest BCUT2D eigenvalue weighted by Crippen LogP contribution is -2.46. The van der Waals surface area contributed by atoms with Crippen LogP contribution < -0.4 is 10.1 Å². The Balaban J connectivity index is 1.83. The van der Waals surface area contributed by atoms with E-state index in [4.69, 9.17) is 9.73 Å². The molecule has 1 heterocycles. The Morgan fingerprint density at radius 2 is 1.27 bits per heavy atom. The van der Waals surface area contributed by atoms with Gasteiger partial charge in [-0.05, 0) is 41.0 Å². The van der Waals surface area contributed by atoms with Gasteiger partial charge in [-0.2, -0.15) is 0 Å². The molecule has 3 heteroatoms. The Bertz CT molecular complexity index is 1180. The molecule has 0 spiro atoms. The number of anilines is 1. The SMILES string of the molecule is COc1ccc([C@]2(c3ccccc3)Nc3ccccc3N=C2c2ccccc2)cc1. The van der Waals surface area contributed by atoms with Gasteiger partial charge in [-0.15, -0.1) is 0 Å². The molecule has 3 nitrogen and oxygen atoms in total. The van der Waals surface area contributed by atoms with Crippen molar-refractivity contribution in [1.29, 1.82) is 0 Å². The molecule has 30 heavy (non-hydrogen) atoms. The molecule has 1 aliphatic heterocycles. The van der Waals surface area contributed by atoms with Crippen LogP contribution >= 0.6 is 0 Å². The Hall–Kier alpha value is -3.85. The van der Waals surface area contributed by atoms with Crippen LogP contribution in [0.1, 0.15) is 16.7 Å². The molecule has 0 bridgehead atoms. The molecule has 0 fully saturated rings. The number of para-hydroxylation sites is 2. The average molecular weight is 390 g/mol. The smallest absolute Gasteiger partial charge is 0.132 e. The van der Waals surface area contributed by atoms with Crippen molar-refractivity contribution in [2.75, 3.05) is 12.4 Å². The molecule has 0 radical (unpaired) electrons. The first-order valence-corrected chi connectivity index (χ1v) is 10.0. The predicted molar refractivity (Wildman–Crippen MR) is 123 cm³/mol. The van der Waals surface area contributed by atoms with Crippen molar-refractivity contribution in [2.24, 2.45) is 4.99 Å². The van der Waals surface area contributed by atoms with Crippen LogP contribution in [0.4, 0.5) is 11.4 Å². The molecule has 0 saturated carbocycles. The summed E-state index contributed by atoms with van der Waals surface area (Å²) in [6, 6.07) is 37.3. The second kappa shape index (κ2) is 7.53. The lowest BCUT2D eigenvalue weighted by molar-refractivity contribution is 0.414. The first-order valence-electron chi connectivity index (χ1n) is 10.0. The second-order valence-corrected chi connectivity index (χ2v) is 7.31. The number of hydrogen-bond donors (Lipinski definition) is 1. The number of ether oxygens (including phenoxy) is 1. The van der Waals surface area contributed by atoms with E-state index in [2.05, 4.69) is 72.0 Å². The van der Waals surface area contributed by atoms with Crippen LogP contribution in [0.3, 0.4) is 0 Å². The fourth-order valence-corrected chi connectivity index (χ4v) is 4.13. The summed E-state index contributed by atoms with van der Waals surface area (Å²) in [4.78, 5) is 5.19. The van der Waals surface area contributed by atoms with Gasteiger partial charge in [0, 0.05) is 0 Å². The molecule has 1 aliphatic rings. The molecule has 0 amide bonds. The molecule has 4 aromatic carbocycles. The second-order valence-electron chi connectivity index (χ2n) is 7.31. The predicted octanol–water partition coefficient (Wildman–Crippen LogP) is 6.19. The molecule has 1 N–H and O–H groups in total. The van der Waals surface area contributed by atoms with Crippen LogP contribution in [-0.4, -0.2) is 12.8 Å². The van der Waals surface area contributed by atoms with Crippen LogP contribution in [-0.2, 0) is 5.54 Å². The fourth-order valence-electron chi connectivity index (χ4n) is 4.13. The van der Waals surface area contributed by atoms with Crippen LogP contribution in [0.25, 0.3) is 0 Å². The zero-order chi connectivity index (χ0) is 20.4. The Kier molecular flexibility index (Phi) is 4.56. The lowest BCUT2D eigenvalue weighted by Gasteiger charge is -2.41. The van der Waals surface area contributed by atoms with Crippen LogP contribution in [0.2, 0.25) is 0 Å². The van der Waals surface area contributed by atoms with E-state index in [0.717, 1.165) is 39.5 Å². The van der Waals surface area contributed by atoms with Gasteiger partial charge in [0.25, 0.3) is 0 Å². The van der Waals surface area contributed by atoms with Gasteiger partial charge in [-0.1, -0.05) is 84.9 Å². The monoisotopic (exact) mass is 390 g/mol. The van der Waals surface area contributed by atoms with Crippen molar-refractivity contribution < 1.29 is 4.74 Å². The van der Waals surface area contributed by atoms with Crippen molar-refractivity contribution in [3.63, 3.8) is 0 Å². The maximum atomic E-state index is 5.41. The van der Waals surface area contributed by atoms with E-state index in [1.807, 2.05) is 42.5 Å². The van der Waals surface area contributed by atoms with Gasteiger partial charge in [0.15, 0.2) is 0 Å². The summed E-state index contributed by atoms with van der Waals surface area (Å²) in [5.41, 5.74) is 5.60. The number of nitrogens with one attached hydrogen (secondary N) is 1. The van der Waals surface area contributed by atoms with E-state index in [-0.39, 0.29) is 0 Å². The highest BCUT2D eigenvalue weighted by Gasteiger charge is 2.43. The van der Waals surface area contributed by atoms with Crippen LogP contribution in [0.15, 0.2) is 114 Å². The molecule has 4 aromatic rings. The van der Waals surface area contributed by atoms with Crippen molar-refractivity contribution >= 4 is 17.1 Å². The standard InChI is InChI=1S/C27H22N2O/c1-30-23-18-16-22(17-19-23)27(21-12-6-3-7-13-21)26(20-10-4-2-5-11-20)28-24-14-8-9-15-25(24)29-27/h2-19,29H,1H3/t27-/m0/s1. The van der Waals surface area contributed by atoms with Gasteiger partial charge in [0.05, 0.1) is 24.2 Å². The van der Waals surface area contributed by atoms with Crippen molar-refractivity contribution in [2.45, 2.75) is 5.54 Å². The van der Waals surface area contributed by atoms with Gasteiger partial charge in [0.2, 0.25) is 0 Å². The van der Waals surface area contributed by atoms with Gasteiger partial charge in [-0.3, -0.25) is 0 Å². The van der Waals surface area contributed by atoms with E-state index in [1.165, 1.54) is 0 Å². The Morgan fingerprint density at radius 3 is 1.97 bits per heavy atom. The minimum absolute atomic E-state index is 0.636. The number of rotatable bonds is 4. The third kappa shape index (κ3) is 2.96. The number of benzene rings is 4. The molecule has 0 saturated heterocycles. The summed E-state index contributed by atoms with van der Waals surface area (Å²) in [6.45, 7) is 0. The maximum absolute atomic E-state index is 5.41. The third-order valence-corrected chi connectivity index (χ3v) is 5.59. The minimum Gasteiger partial charge on any atom is -0.497 e. The van der Waals surface area contributed by atoms with Crippen molar-refractivity contribution in [3.05, 3.63) is 126 Å². The molecule has 146 valence electrons. The van der Waals surface area contributed by atoms with Crippen LogP contribution in [0.5, 0.6) is 5.75 Å². The van der Waals surface area contributed by atoms with Gasteiger partial charge in [0.1, 0.15) is 11.3 Å². The zero-order valence-corrected chi connectivity index (χ0v) is 16.7.